The Kier molecular flexibility index (Phi) is 2.76. The standard InChI is InChI=1S/C15H13N3O/c1-2-5-11-6-3-7-12(10-11)13-8-4-9-14-15(13)17-18(19)16-14/h2-4,6-10,19H,1,5H2. The highest BCUT2D eigenvalue weighted by molar-refractivity contribution is 5.91. The fraction of sp³-hybridized carbons (Fsp3) is 0.0667. The third kappa shape index (κ3) is 2.08. The van der Waals surface area contributed by atoms with E-state index in [1.165, 1.54) is 5.56 Å². The molecule has 3 rings (SSSR count). The lowest BCUT2D eigenvalue weighted by Gasteiger charge is -2.04. The molecule has 0 bridgehead atoms. The van der Waals surface area contributed by atoms with Gasteiger partial charge in [-0.2, -0.15) is 0 Å². The first-order chi connectivity index (χ1) is 9.28. The van der Waals surface area contributed by atoms with Gasteiger partial charge in [-0.25, -0.2) is 0 Å². The summed E-state index contributed by atoms with van der Waals surface area (Å²) in [6, 6.07) is 13.9. The molecule has 94 valence electrons. The average molecular weight is 251 g/mol. The third-order valence-electron chi connectivity index (χ3n) is 3.02. The van der Waals surface area contributed by atoms with Crippen LogP contribution in [0.1, 0.15) is 5.56 Å². The largest absolute Gasteiger partial charge is 0.396 e. The van der Waals surface area contributed by atoms with Crippen molar-refractivity contribution in [3.05, 3.63) is 60.7 Å². The molecule has 0 atom stereocenters. The van der Waals surface area contributed by atoms with Crippen LogP contribution in [0.25, 0.3) is 22.2 Å². The first kappa shape index (κ1) is 11.5. The van der Waals surface area contributed by atoms with Crippen molar-refractivity contribution in [3.63, 3.8) is 0 Å². The van der Waals surface area contributed by atoms with Crippen LogP contribution in [0.5, 0.6) is 0 Å². The molecule has 0 radical (unpaired) electrons. The maximum atomic E-state index is 9.35. The molecule has 0 saturated carbocycles. The lowest BCUT2D eigenvalue weighted by atomic mass is 10.0. The minimum atomic E-state index is 0.613. The third-order valence-corrected chi connectivity index (χ3v) is 3.02. The molecule has 1 N–H and O–H groups in total. The molecule has 0 aliphatic rings. The summed E-state index contributed by atoms with van der Waals surface area (Å²) >= 11 is 0. The zero-order valence-corrected chi connectivity index (χ0v) is 10.3. The van der Waals surface area contributed by atoms with E-state index in [1.54, 1.807) is 0 Å². The molecule has 0 saturated heterocycles. The average Bonchev–Trinajstić information content (AvgIpc) is 2.79. The van der Waals surface area contributed by atoms with Crippen LogP contribution in [0, 0.1) is 0 Å². The number of nitrogens with zero attached hydrogens (tertiary/aromatic N) is 3. The summed E-state index contributed by atoms with van der Waals surface area (Å²) in [5, 5.41) is 17.3. The van der Waals surface area contributed by atoms with Crippen molar-refractivity contribution in [1.82, 2.24) is 15.2 Å². The normalized spacial score (nSPS) is 10.7. The predicted molar refractivity (Wildman–Crippen MR) is 74.0 cm³/mol. The second-order valence-corrected chi connectivity index (χ2v) is 4.33. The maximum Gasteiger partial charge on any atom is 0.124 e. The summed E-state index contributed by atoms with van der Waals surface area (Å²) in [6.07, 6.45) is 2.71. The summed E-state index contributed by atoms with van der Waals surface area (Å²) in [6.45, 7) is 3.75. The van der Waals surface area contributed by atoms with Crippen LogP contribution in [0.4, 0.5) is 0 Å². The van der Waals surface area contributed by atoms with Crippen molar-refractivity contribution >= 4 is 11.0 Å². The van der Waals surface area contributed by atoms with E-state index in [0.717, 1.165) is 17.5 Å². The number of hydrogen-bond acceptors (Lipinski definition) is 3. The second-order valence-electron chi connectivity index (χ2n) is 4.33. The zero-order chi connectivity index (χ0) is 13.2. The summed E-state index contributed by atoms with van der Waals surface area (Å²) < 4.78 is 0. The van der Waals surface area contributed by atoms with Gasteiger partial charge in [-0.15, -0.1) is 16.8 Å². The SMILES string of the molecule is C=CCc1cccc(-c2cccc3nn(O)nc23)c1. The lowest BCUT2D eigenvalue weighted by molar-refractivity contribution is 0.113. The number of hydrogen-bond donors (Lipinski definition) is 1. The van der Waals surface area contributed by atoms with Crippen LogP contribution >= 0.6 is 0 Å². The Morgan fingerprint density at radius 3 is 2.84 bits per heavy atom. The summed E-state index contributed by atoms with van der Waals surface area (Å²) in [7, 11) is 0. The molecule has 0 aliphatic carbocycles. The van der Waals surface area contributed by atoms with E-state index in [2.05, 4.69) is 28.9 Å². The number of fused-ring (bicyclic) bond motifs is 1. The molecule has 4 nitrogen and oxygen atoms in total. The van der Waals surface area contributed by atoms with Crippen LogP contribution < -0.4 is 0 Å². The van der Waals surface area contributed by atoms with Crippen LogP contribution in [0.3, 0.4) is 0 Å². The molecule has 0 amide bonds. The molecule has 3 aromatic rings. The highest BCUT2D eigenvalue weighted by Crippen LogP contribution is 2.27. The molecule has 0 aliphatic heterocycles. The number of allylic oxidation sites excluding steroid dienone is 1. The minimum Gasteiger partial charge on any atom is -0.396 e. The van der Waals surface area contributed by atoms with Gasteiger partial charge in [-0.1, -0.05) is 42.5 Å². The fourth-order valence-electron chi connectivity index (χ4n) is 2.19. The van der Waals surface area contributed by atoms with Gasteiger partial charge >= 0.3 is 0 Å². The Balaban J connectivity index is 2.18. The van der Waals surface area contributed by atoms with E-state index in [-0.39, 0.29) is 0 Å². The van der Waals surface area contributed by atoms with Gasteiger partial charge in [0.25, 0.3) is 0 Å². The number of aromatic nitrogens is 3. The smallest absolute Gasteiger partial charge is 0.124 e. The lowest BCUT2D eigenvalue weighted by Crippen LogP contribution is -1.93. The molecule has 0 unspecified atom stereocenters. The monoisotopic (exact) mass is 251 g/mol. The molecule has 1 heterocycles. The minimum absolute atomic E-state index is 0.613. The predicted octanol–water partition coefficient (Wildman–Crippen LogP) is 3.06. The summed E-state index contributed by atoms with van der Waals surface area (Å²) in [5.41, 5.74) is 4.59. The van der Waals surface area contributed by atoms with E-state index in [1.807, 2.05) is 36.4 Å². The molecule has 4 heteroatoms. The first-order valence-corrected chi connectivity index (χ1v) is 6.03. The van der Waals surface area contributed by atoms with Crippen molar-refractivity contribution in [2.24, 2.45) is 0 Å². The topological polar surface area (TPSA) is 50.9 Å². The quantitative estimate of drug-likeness (QED) is 0.575. The van der Waals surface area contributed by atoms with Crippen LogP contribution in [-0.2, 0) is 6.42 Å². The molecule has 1 aromatic heterocycles. The Morgan fingerprint density at radius 2 is 2.00 bits per heavy atom. The van der Waals surface area contributed by atoms with Gasteiger partial charge < -0.3 is 5.21 Å². The second kappa shape index (κ2) is 4.57. The molecular weight excluding hydrogens is 238 g/mol. The van der Waals surface area contributed by atoms with Crippen molar-refractivity contribution in [1.29, 1.82) is 0 Å². The van der Waals surface area contributed by atoms with Gasteiger partial charge in [-0.3, -0.25) is 0 Å². The van der Waals surface area contributed by atoms with Gasteiger partial charge in [0, 0.05) is 5.56 Å². The summed E-state index contributed by atoms with van der Waals surface area (Å²) in [5.74, 6) is 0. The van der Waals surface area contributed by atoms with Gasteiger partial charge in [0.05, 0.1) is 0 Å². The number of benzene rings is 2. The van der Waals surface area contributed by atoms with E-state index in [4.69, 9.17) is 0 Å². The van der Waals surface area contributed by atoms with Gasteiger partial charge in [0.2, 0.25) is 0 Å². The van der Waals surface area contributed by atoms with Crippen LogP contribution in [0.15, 0.2) is 55.1 Å². The van der Waals surface area contributed by atoms with Crippen molar-refractivity contribution in [2.45, 2.75) is 6.42 Å². The van der Waals surface area contributed by atoms with Gasteiger partial charge in [-0.05, 0) is 28.6 Å². The van der Waals surface area contributed by atoms with E-state index in [9.17, 15) is 5.21 Å². The summed E-state index contributed by atoms with van der Waals surface area (Å²) in [4.78, 5) is 0.613. The Hall–Kier alpha value is -2.62. The Bertz CT molecular complexity index is 746. The molecule has 2 aromatic carbocycles. The van der Waals surface area contributed by atoms with E-state index < -0.39 is 0 Å². The molecular formula is C15H13N3O. The van der Waals surface area contributed by atoms with Crippen LogP contribution in [0.2, 0.25) is 0 Å². The molecule has 0 spiro atoms. The van der Waals surface area contributed by atoms with Crippen LogP contribution in [-0.4, -0.2) is 20.4 Å². The van der Waals surface area contributed by atoms with Gasteiger partial charge in [0.1, 0.15) is 11.0 Å². The van der Waals surface area contributed by atoms with Gasteiger partial charge in [0.15, 0.2) is 0 Å². The Labute approximate surface area is 110 Å². The zero-order valence-electron chi connectivity index (χ0n) is 10.3. The first-order valence-electron chi connectivity index (χ1n) is 6.03. The molecule has 19 heavy (non-hydrogen) atoms. The highest BCUT2D eigenvalue weighted by Gasteiger charge is 2.09. The van der Waals surface area contributed by atoms with Crippen molar-refractivity contribution in [2.75, 3.05) is 0 Å². The maximum absolute atomic E-state index is 9.35. The van der Waals surface area contributed by atoms with E-state index >= 15 is 0 Å². The Morgan fingerprint density at radius 1 is 1.16 bits per heavy atom. The van der Waals surface area contributed by atoms with Crippen molar-refractivity contribution in [3.8, 4) is 11.1 Å². The fourth-order valence-corrected chi connectivity index (χ4v) is 2.19. The van der Waals surface area contributed by atoms with E-state index in [0.29, 0.717) is 16.0 Å². The van der Waals surface area contributed by atoms with Crippen molar-refractivity contribution < 1.29 is 5.21 Å². The highest BCUT2D eigenvalue weighted by atomic mass is 16.5. The molecule has 0 fully saturated rings. The number of rotatable bonds is 3.